The van der Waals surface area contributed by atoms with E-state index in [-0.39, 0.29) is 0 Å². The highest BCUT2D eigenvalue weighted by atomic mass is 16.3. The molecule has 40 heavy (non-hydrogen) atoms. The third kappa shape index (κ3) is 2.90. The van der Waals surface area contributed by atoms with Crippen molar-refractivity contribution >= 4 is 60.9 Å². The number of aromatic nitrogens is 2. The van der Waals surface area contributed by atoms with E-state index in [2.05, 4.69) is 89.8 Å². The molecule has 9 rings (SSSR count). The summed E-state index contributed by atoms with van der Waals surface area (Å²) in [5.41, 5.74) is 9.66. The van der Waals surface area contributed by atoms with Gasteiger partial charge in [0.2, 0.25) is 0 Å². The molecule has 1 aliphatic heterocycles. The summed E-state index contributed by atoms with van der Waals surface area (Å²) in [6.07, 6.45) is 0. The highest BCUT2D eigenvalue weighted by Gasteiger charge is 2.30. The molecule has 0 atom stereocenters. The average Bonchev–Trinajstić information content (AvgIpc) is 3.40. The number of benzene rings is 6. The van der Waals surface area contributed by atoms with Gasteiger partial charge in [-0.15, -0.1) is 0 Å². The standard InChI is InChI=1S/C36H21N3O/c1-5-19-30-23(12-1)25-14-7-10-22-11-8-20-31(33(22)25)39(30)36-34(37-28-17-3-4-18-29(28)38-36)27-16-9-15-26-24-13-2-6-21-32(24)40-35(26)27/h1-21H. The molecule has 0 saturated heterocycles. The number of hydrogen-bond donors (Lipinski definition) is 0. The van der Waals surface area contributed by atoms with E-state index in [1.807, 2.05) is 42.5 Å². The number of anilines is 3. The molecule has 0 bridgehead atoms. The summed E-state index contributed by atoms with van der Waals surface area (Å²) < 4.78 is 6.49. The number of fused-ring (bicyclic) bond motifs is 6. The molecule has 1 aliphatic rings. The van der Waals surface area contributed by atoms with Crippen LogP contribution in [0.4, 0.5) is 17.2 Å². The molecule has 0 aliphatic carbocycles. The van der Waals surface area contributed by atoms with Crippen LogP contribution in [-0.2, 0) is 0 Å². The minimum Gasteiger partial charge on any atom is -0.455 e. The highest BCUT2D eigenvalue weighted by Crippen LogP contribution is 2.52. The predicted octanol–water partition coefficient (Wildman–Crippen LogP) is 9.80. The Hall–Kier alpha value is -5.48. The van der Waals surface area contributed by atoms with E-state index < -0.39 is 0 Å². The van der Waals surface area contributed by atoms with Gasteiger partial charge in [0.15, 0.2) is 5.82 Å². The normalized spacial score (nSPS) is 12.4. The Morgan fingerprint density at radius 2 is 1.15 bits per heavy atom. The maximum atomic E-state index is 6.49. The van der Waals surface area contributed by atoms with Gasteiger partial charge in [0, 0.05) is 27.3 Å². The van der Waals surface area contributed by atoms with Crippen LogP contribution < -0.4 is 4.90 Å². The number of furan rings is 1. The quantitative estimate of drug-likeness (QED) is 0.232. The van der Waals surface area contributed by atoms with E-state index in [0.717, 1.165) is 61.4 Å². The third-order valence-electron chi connectivity index (χ3n) is 7.98. The topological polar surface area (TPSA) is 42.2 Å². The summed E-state index contributed by atoms with van der Waals surface area (Å²) in [5.74, 6) is 0.779. The summed E-state index contributed by atoms with van der Waals surface area (Å²) in [7, 11) is 0. The molecule has 0 saturated carbocycles. The second kappa shape index (κ2) is 8.01. The van der Waals surface area contributed by atoms with Gasteiger partial charge in [-0.1, -0.05) is 91.0 Å². The monoisotopic (exact) mass is 511 g/mol. The average molecular weight is 512 g/mol. The first-order valence-corrected chi connectivity index (χ1v) is 13.4. The number of para-hydroxylation sites is 5. The molecule has 6 aromatic carbocycles. The Morgan fingerprint density at radius 1 is 0.500 bits per heavy atom. The summed E-state index contributed by atoms with van der Waals surface area (Å²) in [6, 6.07) is 44.1. The SMILES string of the molecule is c1ccc2c(c1)-c1cccc3cccc(c13)N2c1nc2ccccc2nc1-c1cccc2c1oc1ccccc12. The lowest BCUT2D eigenvalue weighted by atomic mass is 9.91. The van der Waals surface area contributed by atoms with Gasteiger partial charge >= 0.3 is 0 Å². The van der Waals surface area contributed by atoms with Crippen molar-refractivity contribution in [2.75, 3.05) is 4.90 Å². The molecule has 0 unspecified atom stereocenters. The van der Waals surface area contributed by atoms with Gasteiger partial charge in [-0.25, -0.2) is 9.97 Å². The molecule has 0 fully saturated rings. The van der Waals surface area contributed by atoms with E-state index in [1.54, 1.807) is 0 Å². The van der Waals surface area contributed by atoms with Gasteiger partial charge in [0.05, 0.1) is 22.4 Å². The van der Waals surface area contributed by atoms with Crippen LogP contribution in [0.1, 0.15) is 0 Å². The molecule has 4 heteroatoms. The first-order valence-electron chi connectivity index (χ1n) is 13.4. The van der Waals surface area contributed by atoms with Crippen LogP contribution in [0.25, 0.3) is 66.1 Å². The number of nitrogens with zero attached hydrogens (tertiary/aromatic N) is 3. The minimum absolute atomic E-state index is 0.779. The van der Waals surface area contributed by atoms with Gasteiger partial charge < -0.3 is 4.42 Å². The molecule has 0 N–H and O–H groups in total. The van der Waals surface area contributed by atoms with Crippen LogP contribution in [0.5, 0.6) is 0 Å². The number of hydrogen-bond acceptors (Lipinski definition) is 4. The Bertz CT molecular complexity index is 2290. The van der Waals surface area contributed by atoms with Crippen LogP contribution in [0.2, 0.25) is 0 Å². The van der Waals surface area contributed by atoms with E-state index in [9.17, 15) is 0 Å². The van der Waals surface area contributed by atoms with Crippen LogP contribution in [0, 0.1) is 0 Å². The molecule has 8 aromatic rings. The zero-order chi connectivity index (χ0) is 26.2. The second-order valence-electron chi connectivity index (χ2n) is 10.2. The highest BCUT2D eigenvalue weighted by molar-refractivity contribution is 6.15. The first kappa shape index (κ1) is 21.5. The molecule has 3 heterocycles. The van der Waals surface area contributed by atoms with Crippen LogP contribution in [0.3, 0.4) is 0 Å². The van der Waals surface area contributed by atoms with Crippen molar-refractivity contribution < 1.29 is 4.42 Å². The van der Waals surface area contributed by atoms with Gasteiger partial charge in [-0.05, 0) is 47.3 Å². The molecule has 0 radical (unpaired) electrons. The van der Waals surface area contributed by atoms with Crippen molar-refractivity contribution in [2.45, 2.75) is 0 Å². The second-order valence-corrected chi connectivity index (χ2v) is 10.2. The van der Waals surface area contributed by atoms with Crippen molar-refractivity contribution in [3.8, 4) is 22.4 Å². The summed E-state index contributed by atoms with van der Waals surface area (Å²) in [5, 5.41) is 4.58. The van der Waals surface area contributed by atoms with Crippen LogP contribution in [0.15, 0.2) is 132 Å². The molecule has 0 amide bonds. The molecular formula is C36H21N3O. The Morgan fingerprint density at radius 3 is 2.08 bits per heavy atom. The van der Waals surface area contributed by atoms with E-state index in [1.165, 1.54) is 21.9 Å². The van der Waals surface area contributed by atoms with Gasteiger partial charge in [0.1, 0.15) is 16.9 Å². The van der Waals surface area contributed by atoms with E-state index in [4.69, 9.17) is 14.4 Å². The fourth-order valence-electron chi connectivity index (χ4n) is 6.25. The Balaban J connectivity index is 1.43. The van der Waals surface area contributed by atoms with Crippen LogP contribution >= 0.6 is 0 Å². The predicted molar refractivity (Wildman–Crippen MR) is 163 cm³/mol. The van der Waals surface area contributed by atoms with Crippen LogP contribution in [-0.4, -0.2) is 9.97 Å². The van der Waals surface area contributed by atoms with E-state index in [0.29, 0.717) is 0 Å². The lowest BCUT2D eigenvalue weighted by molar-refractivity contribution is 0.670. The van der Waals surface area contributed by atoms with Gasteiger partial charge in [0.25, 0.3) is 0 Å². The molecule has 4 nitrogen and oxygen atoms in total. The molecule has 2 aromatic heterocycles. The Kier molecular flexibility index (Phi) is 4.30. The summed E-state index contributed by atoms with van der Waals surface area (Å²) in [6.45, 7) is 0. The largest absolute Gasteiger partial charge is 0.455 e. The molecular weight excluding hydrogens is 490 g/mol. The minimum atomic E-state index is 0.779. The smallest absolute Gasteiger partial charge is 0.165 e. The molecule has 0 spiro atoms. The lowest BCUT2D eigenvalue weighted by Gasteiger charge is -2.33. The Labute approximate surface area is 229 Å². The fraction of sp³-hybridized carbons (Fsp3) is 0. The lowest BCUT2D eigenvalue weighted by Crippen LogP contribution is -2.18. The maximum Gasteiger partial charge on any atom is 0.165 e. The number of rotatable bonds is 2. The molecule has 186 valence electrons. The van der Waals surface area contributed by atoms with Crippen molar-refractivity contribution in [2.24, 2.45) is 0 Å². The van der Waals surface area contributed by atoms with Gasteiger partial charge in [-0.2, -0.15) is 0 Å². The third-order valence-corrected chi connectivity index (χ3v) is 7.98. The maximum absolute atomic E-state index is 6.49. The van der Waals surface area contributed by atoms with Gasteiger partial charge in [-0.3, -0.25) is 4.90 Å². The van der Waals surface area contributed by atoms with E-state index >= 15 is 0 Å². The van der Waals surface area contributed by atoms with Crippen molar-refractivity contribution in [1.82, 2.24) is 9.97 Å². The first-order chi connectivity index (χ1) is 19.8. The van der Waals surface area contributed by atoms with Crippen molar-refractivity contribution in [3.63, 3.8) is 0 Å². The zero-order valence-corrected chi connectivity index (χ0v) is 21.4. The zero-order valence-electron chi connectivity index (χ0n) is 21.4. The summed E-state index contributed by atoms with van der Waals surface area (Å²) in [4.78, 5) is 12.9. The fourth-order valence-corrected chi connectivity index (χ4v) is 6.25. The van der Waals surface area contributed by atoms with Crippen molar-refractivity contribution in [3.05, 3.63) is 127 Å². The van der Waals surface area contributed by atoms with Crippen molar-refractivity contribution in [1.29, 1.82) is 0 Å². The summed E-state index contributed by atoms with van der Waals surface area (Å²) >= 11 is 0.